The molecule has 0 saturated heterocycles. The van der Waals surface area contributed by atoms with Crippen molar-refractivity contribution in [2.75, 3.05) is 0 Å². The zero-order chi connectivity index (χ0) is 30.8. The topological polar surface area (TPSA) is 0 Å². The van der Waals surface area contributed by atoms with Crippen LogP contribution in [0, 0.1) is 34.6 Å². The van der Waals surface area contributed by atoms with Gasteiger partial charge in [0.05, 0.1) is 8.07 Å². The van der Waals surface area contributed by atoms with Crippen molar-refractivity contribution >= 4 is 60.4 Å². The fourth-order valence-corrected chi connectivity index (χ4v) is 11.1. The van der Waals surface area contributed by atoms with Crippen LogP contribution in [0.15, 0.2) is 11.1 Å². The van der Waals surface area contributed by atoms with E-state index < -0.39 is 15.5 Å². The Balaban J connectivity index is 0.000000585. The molecule has 2 aliphatic rings. The van der Waals surface area contributed by atoms with E-state index in [-0.39, 0.29) is 18.9 Å². The molecule has 2 aliphatic carbocycles. The molecule has 2 aromatic rings. The van der Waals surface area contributed by atoms with Gasteiger partial charge in [-0.25, -0.2) is 0 Å². The van der Waals surface area contributed by atoms with Crippen LogP contribution in [0.2, 0.25) is 39.3 Å². The van der Waals surface area contributed by atoms with Gasteiger partial charge in [-0.1, -0.05) is 77.6 Å². The van der Waals surface area contributed by atoms with Gasteiger partial charge in [0.15, 0.2) is 0 Å². The van der Waals surface area contributed by atoms with Gasteiger partial charge in [0.2, 0.25) is 0 Å². The van der Waals surface area contributed by atoms with Crippen molar-refractivity contribution in [3.05, 3.63) is 59.8 Å². The van der Waals surface area contributed by atoms with Crippen molar-refractivity contribution in [3.8, 4) is 0 Å². The molecule has 0 amide bonds. The molecule has 0 aliphatic heterocycles. The van der Waals surface area contributed by atoms with Crippen LogP contribution in [-0.4, -0.2) is 15.5 Å². The predicted octanol–water partition coefficient (Wildman–Crippen LogP) is 10.3. The number of fused-ring (bicyclic) bond motifs is 2. The molecule has 222 valence electrons. The fraction of sp³-hybridized carbons (Fsp3) is 0.618. The van der Waals surface area contributed by atoms with Crippen molar-refractivity contribution in [1.82, 2.24) is 0 Å². The molecule has 2 unspecified atom stereocenters. The zero-order valence-electron chi connectivity index (χ0n) is 29.4. The van der Waals surface area contributed by atoms with E-state index in [9.17, 15) is 0 Å². The van der Waals surface area contributed by atoms with Crippen LogP contribution in [0.4, 0.5) is 0 Å². The molecular weight excluding hydrogens is 571 g/mol. The molecule has 0 fully saturated rings. The molecule has 4 rings (SSSR count). The van der Waals surface area contributed by atoms with Crippen molar-refractivity contribution < 1.29 is 18.9 Å². The van der Waals surface area contributed by atoms with Gasteiger partial charge >= 0.3 is 18.9 Å². The second-order valence-corrected chi connectivity index (χ2v) is 29.1. The van der Waals surface area contributed by atoms with Crippen LogP contribution >= 0.6 is 33.8 Å². The van der Waals surface area contributed by atoms with E-state index in [1.807, 2.05) is 22.7 Å². The van der Waals surface area contributed by atoms with Crippen molar-refractivity contribution in [2.45, 2.75) is 139 Å². The first kappa shape index (κ1) is 40.2. The summed E-state index contributed by atoms with van der Waals surface area (Å²) in [6, 6.07) is 0. The molecule has 0 spiro atoms. The molecule has 2 heterocycles. The van der Waals surface area contributed by atoms with Crippen LogP contribution in [0.1, 0.15) is 109 Å². The number of rotatable bonds is 2. The van der Waals surface area contributed by atoms with Crippen LogP contribution in [0.3, 0.4) is 0 Å². The largest absolute Gasteiger partial charge is 1.00 e. The van der Waals surface area contributed by atoms with Gasteiger partial charge < -0.3 is 6.92 Å². The second kappa shape index (κ2) is 15.3. The van der Waals surface area contributed by atoms with Crippen LogP contribution in [0.5, 0.6) is 0 Å². The molecule has 0 aromatic carbocycles. The average molecular weight is 630 g/mol. The summed E-state index contributed by atoms with van der Waals surface area (Å²) in [6.07, 6.45) is 2.28. The molecular formula is C34H58ClLiS2Si2. The smallest absolute Gasteiger partial charge is 0.343 e. The molecule has 2 atom stereocenters. The maximum Gasteiger partial charge on any atom is 1.00 e. The van der Waals surface area contributed by atoms with E-state index in [1.54, 1.807) is 37.6 Å². The monoisotopic (exact) mass is 628 g/mol. The summed E-state index contributed by atoms with van der Waals surface area (Å²) in [5.74, 6) is 0.660. The van der Waals surface area contributed by atoms with Crippen molar-refractivity contribution in [3.63, 3.8) is 0 Å². The van der Waals surface area contributed by atoms with E-state index >= 15 is 0 Å². The third-order valence-electron chi connectivity index (χ3n) is 8.80. The number of hydrogen-bond acceptors (Lipinski definition) is 2. The summed E-state index contributed by atoms with van der Waals surface area (Å²) in [5, 5.41) is 0.343. The Bertz CT molecular complexity index is 1210. The summed E-state index contributed by atoms with van der Waals surface area (Å²) in [4.78, 5) is 6.24. The fourth-order valence-electron chi connectivity index (χ4n) is 5.21. The Hall–Kier alpha value is 0.201. The van der Waals surface area contributed by atoms with E-state index in [1.165, 1.54) is 32.9 Å². The third kappa shape index (κ3) is 8.64. The Morgan fingerprint density at radius 2 is 1.20 bits per heavy atom. The molecule has 0 nitrogen and oxygen atoms in total. The molecule has 6 heteroatoms. The van der Waals surface area contributed by atoms with Crippen LogP contribution < -0.4 is 18.9 Å². The summed E-state index contributed by atoms with van der Waals surface area (Å²) < 4.78 is 0. The normalized spacial score (nSPS) is 19.5. The first-order valence-corrected chi connectivity index (χ1v) is 24.3. The molecule has 0 saturated carbocycles. The molecule has 0 bridgehead atoms. The van der Waals surface area contributed by atoms with Gasteiger partial charge in [0.25, 0.3) is 0 Å². The summed E-state index contributed by atoms with van der Waals surface area (Å²) in [7, 11) is -2.40. The third-order valence-corrected chi connectivity index (χ3v) is 15.4. The van der Waals surface area contributed by atoms with Crippen molar-refractivity contribution in [1.29, 1.82) is 0 Å². The van der Waals surface area contributed by atoms with Gasteiger partial charge in [0, 0.05) is 30.5 Å². The first-order valence-electron chi connectivity index (χ1n) is 14.6. The van der Waals surface area contributed by atoms with Crippen LogP contribution in [0.25, 0.3) is 11.1 Å². The minimum absolute atomic E-state index is 0. The number of thiophene rings is 2. The Kier molecular flexibility index (Phi) is 15.4. The van der Waals surface area contributed by atoms with E-state index in [2.05, 4.69) is 122 Å². The second-order valence-electron chi connectivity index (χ2n) is 13.6. The van der Waals surface area contributed by atoms with E-state index in [0.717, 1.165) is 6.42 Å². The maximum atomic E-state index is 5.67. The SMILES string of the molecule is CC1=C(C)C(C)([Si](C)(C)C)c2sc(C)c(C)c21.CC1=C(C)C(C)c2sc(C)c(C)c21.C[Si](C)(C)Cl.[CH2-]CCC.[Li+]. The van der Waals surface area contributed by atoms with Gasteiger partial charge in [-0.2, -0.15) is 17.5 Å². The predicted molar refractivity (Wildman–Crippen MR) is 193 cm³/mol. The number of allylic oxidation sites excluding steroid dienone is 4. The first-order chi connectivity index (χ1) is 17.6. The Morgan fingerprint density at radius 3 is 1.57 bits per heavy atom. The standard InChI is InChI=1S/C15H24SSi.C12H16S.C4H9.C3H9ClSi.Li/c1-9-11(3)15(5,17(6,7)8)14-13(9)10(2)12(4)16-14;1-6-7(2)11-9(4)10(5)13-12(11)8(6)3;1-3-4-2;1-5(2,3)4;/h1-8H3;8H,1-5H3;1,3-4H2,2H3;1-3H3;/q;;-1;;+1. The summed E-state index contributed by atoms with van der Waals surface area (Å²) in [5.41, 5.74) is 12.4. The summed E-state index contributed by atoms with van der Waals surface area (Å²) in [6.45, 7) is 42.6. The number of hydrogen-bond donors (Lipinski definition) is 0. The van der Waals surface area contributed by atoms with E-state index in [0.29, 0.717) is 11.0 Å². The van der Waals surface area contributed by atoms with Gasteiger partial charge in [-0.05, 0) is 88.8 Å². The quantitative estimate of drug-likeness (QED) is 0.176. The van der Waals surface area contributed by atoms with Gasteiger partial charge in [-0.3, -0.25) is 0 Å². The maximum absolute atomic E-state index is 5.67. The zero-order valence-corrected chi connectivity index (χ0v) is 33.8. The molecule has 2 aromatic heterocycles. The van der Waals surface area contributed by atoms with Gasteiger partial charge in [0.1, 0.15) is 7.38 Å². The number of aryl methyl sites for hydroxylation is 2. The minimum Gasteiger partial charge on any atom is -0.343 e. The Morgan fingerprint density at radius 1 is 0.800 bits per heavy atom. The molecule has 0 N–H and O–H groups in total. The number of unbranched alkanes of at least 4 members (excludes halogenated alkanes) is 1. The minimum atomic E-state index is -1.26. The Labute approximate surface area is 276 Å². The van der Waals surface area contributed by atoms with E-state index in [4.69, 9.17) is 11.1 Å². The molecule has 40 heavy (non-hydrogen) atoms. The number of halogens is 1. The average Bonchev–Trinajstić information content (AvgIpc) is 3.42. The summed E-state index contributed by atoms with van der Waals surface area (Å²) >= 11 is 9.68. The molecule has 0 radical (unpaired) electrons. The van der Waals surface area contributed by atoms with Crippen molar-refractivity contribution in [2.24, 2.45) is 0 Å². The van der Waals surface area contributed by atoms with Gasteiger partial charge in [-0.15, -0.1) is 22.7 Å². The van der Waals surface area contributed by atoms with Crippen LogP contribution in [-0.2, 0) is 5.04 Å².